The van der Waals surface area contributed by atoms with E-state index in [2.05, 4.69) is 10.6 Å². The van der Waals surface area contributed by atoms with E-state index >= 15 is 0 Å². The number of aromatic carboxylic acids is 1. The van der Waals surface area contributed by atoms with Crippen LogP contribution in [-0.4, -0.2) is 43.2 Å². The van der Waals surface area contributed by atoms with Crippen molar-refractivity contribution in [2.75, 3.05) is 26.2 Å². The Morgan fingerprint density at radius 3 is 2.74 bits per heavy atom. The molecule has 0 saturated carbocycles. The van der Waals surface area contributed by atoms with E-state index in [9.17, 15) is 9.59 Å². The molecule has 0 radical (unpaired) electrons. The third kappa shape index (κ3) is 6.42. The molecule has 1 aromatic carbocycles. The fourth-order valence-corrected chi connectivity index (χ4v) is 1.41. The molecule has 0 atom stereocenters. The number of carboxylic acid groups (broad SMARTS) is 1. The summed E-state index contributed by atoms with van der Waals surface area (Å²) in [4.78, 5) is 21.3. The summed E-state index contributed by atoms with van der Waals surface area (Å²) < 4.78 is 5.41. The van der Waals surface area contributed by atoms with Gasteiger partial charge in [-0.05, 0) is 18.2 Å². The number of hydrogen-bond donors (Lipinski definition) is 3. The van der Waals surface area contributed by atoms with Crippen LogP contribution < -0.4 is 15.4 Å². The zero-order valence-corrected chi connectivity index (χ0v) is 10.8. The van der Waals surface area contributed by atoms with Gasteiger partial charge in [-0.15, -0.1) is 0 Å². The van der Waals surface area contributed by atoms with E-state index in [1.54, 1.807) is 12.1 Å². The molecule has 0 fully saturated rings. The van der Waals surface area contributed by atoms with Crippen LogP contribution in [0.1, 0.15) is 17.3 Å². The Balaban J connectivity index is 2.17. The summed E-state index contributed by atoms with van der Waals surface area (Å²) in [6.45, 7) is 3.76. The average Bonchev–Trinajstić information content (AvgIpc) is 2.37. The van der Waals surface area contributed by atoms with E-state index in [-0.39, 0.29) is 11.5 Å². The fourth-order valence-electron chi connectivity index (χ4n) is 1.41. The van der Waals surface area contributed by atoms with E-state index in [1.165, 1.54) is 19.1 Å². The highest BCUT2D eigenvalue weighted by Gasteiger charge is 2.03. The zero-order valence-electron chi connectivity index (χ0n) is 10.8. The molecule has 0 saturated heterocycles. The van der Waals surface area contributed by atoms with E-state index in [4.69, 9.17) is 9.84 Å². The molecule has 0 aliphatic rings. The Hall–Kier alpha value is -2.08. The van der Waals surface area contributed by atoms with Crippen LogP contribution in [0.3, 0.4) is 0 Å². The number of carboxylic acids is 1. The maximum atomic E-state index is 10.8. The molecular formula is C13H18N2O4. The van der Waals surface area contributed by atoms with Gasteiger partial charge in [0.1, 0.15) is 12.4 Å². The van der Waals surface area contributed by atoms with E-state index in [1.807, 2.05) is 0 Å². The van der Waals surface area contributed by atoms with Crippen molar-refractivity contribution in [1.29, 1.82) is 0 Å². The van der Waals surface area contributed by atoms with Crippen molar-refractivity contribution in [3.63, 3.8) is 0 Å². The van der Waals surface area contributed by atoms with Gasteiger partial charge in [0.15, 0.2) is 0 Å². The predicted octanol–water partition coefficient (Wildman–Crippen LogP) is 0.489. The minimum Gasteiger partial charge on any atom is -0.492 e. The van der Waals surface area contributed by atoms with Crippen LogP contribution in [0.4, 0.5) is 0 Å². The van der Waals surface area contributed by atoms with Crippen molar-refractivity contribution in [2.24, 2.45) is 0 Å². The van der Waals surface area contributed by atoms with Gasteiger partial charge in [-0.25, -0.2) is 4.79 Å². The summed E-state index contributed by atoms with van der Waals surface area (Å²) in [5, 5.41) is 14.6. The molecule has 0 spiro atoms. The maximum absolute atomic E-state index is 10.8. The number of rotatable bonds is 8. The normalized spacial score (nSPS) is 9.95. The summed E-state index contributed by atoms with van der Waals surface area (Å²) in [6, 6.07) is 6.35. The van der Waals surface area contributed by atoms with Gasteiger partial charge in [0, 0.05) is 26.6 Å². The van der Waals surface area contributed by atoms with E-state index in [0.717, 1.165) is 0 Å². The molecular weight excluding hydrogens is 248 g/mol. The summed E-state index contributed by atoms with van der Waals surface area (Å²) in [5.74, 6) is -0.494. The van der Waals surface area contributed by atoms with Crippen LogP contribution in [0.5, 0.6) is 5.75 Å². The largest absolute Gasteiger partial charge is 0.492 e. The molecule has 0 unspecified atom stereocenters. The lowest BCUT2D eigenvalue weighted by molar-refractivity contribution is -0.118. The van der Waals surface area contributed by atoms with Crippen molar-refractivity contribution in [1.82, 2.24) is 10.6 Å². The molecule has 19 heavy (non-hydrogen) atoms. The number of carbonyl (C=O) groups excluding carboxylic acids is 1. The van der Waals surface area contributed by atoms with Crippen LogP contribution >= 0.6 is 0 Å². The highest BCUT2D eigenvalue weighted by atomic mass is 16.5. The lowest BCUT2D eigenvalue weighted by atomic mass is 10.2. The molecule has 1 rings (SSSR count). The maximum Gasteiger partial charge on any atom is 0.335 e. The van der Waals surface area contributed by atoms with Crippen LogP contribution in [-0.2, 0) is 4.79 Å². The van der Waals surface area contributed by atoms with Crippen LogP contribution in [0.25, 0.3) is 0 Å². The van der Waals surface area contributed by atoms with E-state index in [0.29, 0.717) is 32.0 Å². The number of benzene rings is 1. The van der Waals surface area contributed by atoms with Gasteiger partial charge < -0.3 is 20.5 Å². The van der Waals surface area contributed by atoms with E-state index < -0.39 is 5.97 Å². The third-order valence-electron chi connectivity index (χ3n) is 2.30. The highest BCUT2D eigenvalue weighted by Crippen LogP contribution is 2.12. The minimum atomic E-state index is -0.973. The molecule has 0 aliphatic heterocycles. The Bertz CT molecular complexity index is 434. The van der Waals surface area contributed by atoms with Crippen LogP contribution in [0.2, 0.25) is 0 Å². The van der Waals surface area contributed by atoms with Gasteiger partial charge in [0.05, 0.1) is 5.56 Å². The number of hydrogen-bond acceptors (Lipinski definition) is 4. The third-order valence-corrected chi connectivity index (χ3v) is 2.30. The van der Waals surface area contributed by atoms with Gasteiger partial charge in [0.25, 0.3) is 0 Å². The first-order chi connectivity index (χ1) is 9.09. The van der Waals surface area contributed by atoms with Crippen molar-refractivity contribution in [3.05, 3.63) is 29.8 Å². The molecule has 6 heteroatoms. The molecule has 3 N–H and O–H groups in total. The lowest BCUT2D eigenvalue weighted by Gasteiger charge is -2.08. The molecule has 104 valence electrons. The van der Waals surface area contributed by atoms with Crippen molar-refractivity contribution >= 4 is 11.9 Å². The average molecular weight is 266 g/mol. The second kappa shape index (κ2) is 8.10. The topological polar surface area (TPSA) is 87.7 Å². The second-order valence-corrected chi connectivity index (χ2v) is 3.91. The summed E-state index contributed by atoms with van der Waals surface area (Å²) in [6.07, 6.45) is 0. The molecule has 6 nitrogen and oxygen atoms in total. The first-order valence-electron chi connectivity index (χ1n) is 6.01. The van der Waals surface area contributed by atoms with Gasteiger partial charge in [-0.2, -0.15) is 0 Å². The van der Waals surface area contributed by atoms with Gasteiger partial charge in [-0.1, -0.05) is 6.07 Å². The monoisotopic (exact) mass is 266 g/mol. The number of carbonyl (C=O) groups is 2. The summed E-state index contributed by atoms with van der Waals surface area (Å²) >= 11 is 0. The smallest absolute Gasteiger partial charge is 0.335 e. The molecule has 0 heterocycles. The quantitative estimate of drug-likeness (QED) is 0.596. The first-order valence-corrected chi connectivity index (χ1v) is 6.01. The number of nitrogens with one attached hydrogen (secondary N) is 2. The number of amides is 1. The Labute approximate surface area is 111 Å². The summed E-state index contributed by atoms with van der Waals surface area (Å²) in [5.41, 5.74) is 0.205. The molecule has 0 bridgehead atoms. The SMILES string of the molecule is CC(=O)NCCNCCOc1cccc(C(=O)O)c1. The lowest BCUT2D eigenvalue weighted by Crippen LogP contribution is -2.32. The Kier molecular flexibility index (Phi) is 6.38. The van der Waals surface area contributed by atoms with Gasteiger partial charge in [-0.3, -0.25) is 4.79 Å². The highest BCUT2D eigenvalue weighted by molar-refractivity contribution is 5.87. The van der Waals surface area contributed by atoms with Gasteiger partial charge in [0.2, 0.25) is 5.91 Å². The summed E-state index contributed by atoms with van der Waals surface area (Å²) in [7, 11) is 0. The molecule has 1 amide bonds. The van der Waals surface area contributed by atoms with Crippen molar-refractivity contribution < 1.29 is 19.4 Å². The van der Waals surface area contributed by atoms with Gasteiger partial charge >= 0.3 is 5.97 Å². The van der Waals surface area contributed by atoms with Crippen LogP contribution in [0.15, 0.2) is 24.3 Å². The van der Waals surface area contributed by atoms with Crippen molar-refractivity contribution in [3.8, 4) is 5.75 Å². The number of ether oxygens (including phenoxy) is 1. The predicted molar refractivity (Wildman–Crippen MR) is 70.4 cm³/mol. The molecule has 0 aromatic heterocycles. The van der Waals surface area contributed by atoms with Crippen LogP contribution in [0, 0.1) is 0 Å². The first kappa shape index (κ1) is 15.0. The second-order valence-electron chi connectivity index (χ2n) is 3.91. The minimum absolute atomic E-state index is 0.0523. The molecule has 1 aromatic rings. The Morgan fingerprint density at radius 1 is 1.26 bits per heavy atom. The molecule has 0 aliphatic carbocycles. The zero-order chi connectivity index (χ0) is 14.1. The van der Waals surface area contributed by atoms with Crippen molar-refractivity contribution in [2.45, 2.75) is 6.92 Å². The standard InChI is InChI=1S/C13H18N2O4/c1-10(16)15-6-5-14-7-8-19-12-4-2-3-11(9-12)13(17)18/h2-4,9,14H,5-8H2,1H3,(H,15,16)(H,17,18). The Morgan fingerprint density at radius 2 is 2.05 bits per heavy atom. The fraction of sp³-hybridized carbons (Fsp3) is 0.385.